The van der Waals surface area contributed by atoms with Gasteiger partial charge in [-0.1, -0.05) is 0 Å². The number of nitrogens with one attached hydrogen (secondary N) is 1. The fourth-order valence-electron chi connectivity index (χ4n) is 1.81. The number of amides is 1. The van der Waals surface area contributed by atoms with Crippen LogP contribution < -0.4 is 11.1 Å². The molecule has 0 saturated carbocycles. The van der Waals surface area contributed by atoms with Gasteiger partial charge in [-0.15, -0.1) is 0 Å². The van der Waals surface area contributed by atoms with Gasteiger partial charge in [0.2, 0.25) is 0 Å². The van der Waals surface area contributed by atoms with Gasteiger partial charge in [0.1, 0.15) is 5.82 Å². The molecule has 1 aromatic heterocycles. The maximum Gasteiger partial charge on any atom is 0.254 e. The van der Waals surface area contributed by atoms with Gasteiger partial charge in [-0.05, 0) is 25.1 Å². The van der Waals surface area contributed by atoms with Crippen molar-refractivity contribution >= 4 is 11.6 Å². The number of hydrogen-bond acceptors (Lipinski definition) is 3. The molecule has 0 radical (unpaired) electrons. The number of halogens is 1. The van der Waals surface area contributed by atoms with Crippen molar-refractivity contribution in [2.45, 2.75) is 13.5 Å². The molecule has 5 nitrogen and oxygen atoms in total. The number of benzene rings is 1. The largest absolute Gasteiger partial charge is 0.399 e. The van der Waals surface area contributed by atoms with Gasteiger partial charge in [-0.3, -0.25) is 9.48 Å². The van der Waals surface area contributed by atoms with Gasteiger partial charge in [-0.2, -0.15) is 5.10 Å². The Bertz CT molecular complexity index is 621. The Hall–Kier alpha value is -2.37. The highest BCUT2D eigenvalue weighted by Crippen LogP contribution is 2.12. The van der Waals surface area contributed by atoms with Crippen LogP contribution in [0.1, 0.15) is 21.6 Å². The summed E-state index contributed by atoms with van der Waals surface area (Å²) in [5.41, 5.74) is 7.56. The first kappa shape index (κ1) is 13.1. The Morgan fingerprint density at radius 1 is 1.53 bits per heavy atom. The molecule has 0 fully saturated rings. The minimum absolute atomic E-state index is 0.0541. The first-order valence-corrected chi connectivity index (χ1v) is 5.79. The molecule has 2 rings (SSSR count). The van der Waals surface area contributed by atoms with Crippen LogP contribution in [0, 0.1) is 12.7 Å². The maximum atomic E-state index is 13.5. The summed E-state index contributed by atoms with van der Waals surface area (Å²) in [7, 11) is 1.80. The second kappa shape index (κ2) is 5.09. The van der Waals surface area contributed by atoms with Crippen LogP contribution in [-0.4, -0.2) is 15.7 Å². The van der Waals surface area contributed by atoms with Gasteiger partial charge in [0, 0.05) is 31.0 Å². The number of anilines is 1. The average Bonchev–Trinajstić information content (AvgIpc) is 2.68. The van der Waals surface area contributed by atoms with Crippen LogP contribution in [0.3, 0.4) is 0 Å². The molecule has 0 aliphatic rings. The molecule has 2 aromatic rings. The molecule has 1 heterocycles. The van der Waals surface area contributed by atoms with Crippen molar-refractivity contribution in [2.75, 3.05) is 5.73 Å². The number of nitrogens with zero attached hydrogens (tertiary/aromatic N) is 2. The second-order valence-electron chi connectivity index (χ2n) is 4.34. The smallest absolute Gasteiger partial charge is 0.254 e. The summed E-state index contributed by atoms with van der Waals surface area (Å²) in [4.78, 5) is 11.9. The number of nitrogen functional groups attached to an aromatic ring is 1. The Morgan fingerprint density at radius 2 is 2.26 bits per heavy atom. The zero-order chi connectivity index (χ0) is 14.0. The van der Waals surface area contributed by atoms with Crippen molar-refractivity contribution in [3.63, 3.8) is 0 Å². The summed E-state index contributed by atoms with van der Waals surface area (Å²) in [6, 6.07) is 3.91. The van der Waals surface area contributed by atoms with E-state index in [0.29, 0.717) is 12.2 Å². The lowest BCUT2D eigenvalue weighted by Crippen LogP contribution is -2.24. The third-order valence-corrected chi connectivity index (χ3v) is 2.79. The molecular formula is C13H15FN4O. The van der Waals surface area contributed by atoms with E-state index in [0.717, 1.165) is 11.3 Å². The fourth-order valence-corrected chi connectivity index (χ4v) is 1.81. The highest BCUT2D eigenvalue weighted by Gasteiger charge is 2.12. The molecule has 0 spiro atoms. The van der Waals surface area contributed by atoms with E-state index in [1.54, 1.807) is 11.7 Å². The van der Waals surface area contributed by atoms with Crippen LogP contribution in [0.25, 0.3) is 0 Å². The summed E-state index contributed by atoms with van der Waals surface area (Å²) in [5.74, 6) is -1.08. The SMILES string of the molecule is Cc1nn(C)cc1CNC(=O)c1cc(N)ccc1F. The molecular weight excluding hydrogens is 247 g/mol. The summed E-state index contributed by atoms with van der Waals surface area (Å²) in [5, 5.41) is 6.81. The third-order valence-electron chi connectivity index (χ3n) is 2.79. The van der Waals surface area contributed by atoms with Crippen molar-refractivity contribution in [1.82, 2.24) is 15.1 Å². The Morgan fingerprint density at radius 3 is 2.89 bits per heavy atom. The van der Waals surface area contributed by atoms with Crippen LogP contribution in [-0.2, 0) is 13.6 Å². The fraction of sp³-hybridized carbons (Fsp3) is 0.231. The Kier molecular flexibility index (Phi) is 3.50. The number of carbonyl (C=O) groups is 1. The predicted molar refractivity (Wildman–Crippen MR) is 69.9 cm³/mol. The Labute approximate surface area is 110 Å². The molecule has 0 aliphatic heterocycles. The van der Waals surface area contributed by atoms with Crippen LogP contribution in [0.2, 0.25) is 0 Å². The summed E-state index contributed by atoms with van der Waals surface area (Å²) in [6.07, 6.45) is 1.81. The summed E-state index contributed by atoms with van der Waals surface area (Å²) < 4.78 is 15.2. The predicted octanol–water partition coefficient (Wildman–Crippen LogP) is 1.38. The van der Waals surface area contributed by atoms with Crippen LogP contribution in [0.15, 0.2) is 24.4 Å². The zero-order valence-corrected chi connectivity index (χ0v) is 10.8. The molecule has 19 heavy (non-hydrogen) atoms. The van der Waals surface area contributed by atoms with E-state index in [1.165, 1.54) is 18.2 Å². The molecule has 0 bridgehead atoms. The van der Waals surface area contributed by atoms with E-state index < -0.39 is 11.7 Å². The van der Waals surface area contributed by atoms with Gasteiger partial charge in [0.05, 0.1) is 11.3 Å². The number of aryl methyl sites for hydroxylation is 2. The van der Waals surface area contributed by atoms with Crippen LogP contribution >= 0.6 is 0 Å². The molecule has 1 amide bonds. The van der Waals surface area contributed by atoms with Gasteiger partial charge in [0.15, 0.2) is 0 Å². The molecule has 0 unspecified atom stereocenters. The van der Waals surface area contributed by atoms with Gasteiger partial charge >= 0.3 is 0 Å². The van der Waals surface area contributed by atoms with Crippen molar-refractivity contribution in [1.29, 1.82) is 0 Å². The summed E-state index contributed by atoms with van der Waals surface area (Å²) in [6.45, 7) is 2.15. The number of hydrogen-bond donors (Lipinski definition) is 2. The standard InChI is InChI=1S/C13H15FN4O/c1-8-9(7-18(2)17-8)6-16-13(19)11-5-10(15)3-4-12(11)14/h3-5,7H,6,15H2,1-2H3,(H,16,19). The minimum Gasteiger partial charge on any atom is -0.399 e. The highest BCUT2D eigenvalue weighted by molar-refractivity contribution is 5.95. The molecule has 3 N–H and O–H groups in total. The van der Waals surface area contributed by atoms with Crippen molar-refractivity contribution in [2.24, 2.45) is 7.05 Å². The van der Waals surface area contributed by atoms with E-state index in [-0.39, 0.29) is 5.56 Å². The first-order valence-electron chi connectivity index (χ1n) is 5.79. The normalized spacial score (nSPS) is 10.5. The van der Waals surface area contributed by atoms with E-state index in [4.69, 9.17) is 5.73 Å². The number of aromatic nitrogens is 2. The third kappa shape index (κ3) is 2.90. The van der Waals surface area contributed by atoms with Gasteiger partial charge in [0.25, 0.3) is 5.91 Å². The van der Waals surface area contributed by atoms with E-state index in [1.807, 2.05) is 13.1 Å². The van der Waals surface area contributed by atoms with Gasteiger partial charge < -0.3 is 11.1 Å². The highest BCUT2D eigenvalue weighted by atomic mass is 19.1. The summed E-state index contributed by atoms with van der Waals surface area (Å²) >= 11 is 0. The Balaban J connectivity index is 2.09. The van der Waals surface area contributed by atoms with E-state index >= 15 is 0 Å². The monoisotopic (exact) mass is 262 g/mol. The van der Waals surface area contributed by atoms with Crippen molar-refractivity contribution in [3.8, 4) is 0 Å². The topological polar surface area (TPSA) is 72.9 Å². The first-order chi connectivity index (χ1) is 8.97. The molecule has 1 aromatic carbocycles. The van der Waals surface area contributed by atoms with Crippen molar-refractivity contribution < 1.29 is 9.18 Å². The lowest BCUT2D eigenvalue weighted by molar-refractivity contribution is 0.0947. The quantitative estimate of drug-likeness (QED) is 0.821. The zero-order valence-electron chi connectivity index (χ0n) is 10.8. The van der Waals surface area contributed by atoms with Crippen molar-refractivity contribution in [3.05, 3.63) is 47.0 Å². The molecule has 0 atom stereocenters. The van der Waals surface area contributed by atoms with E-state index in [2.05, 4.69) is 10.4 Å². The lowest BCUT2D eigenvalue weighted by Gasteiger charge is -2.06. The lowest BCUT2D eigenvalue weighted by atomic mass is 10.1. The second-order valence-corrected chi connectivity index (χ2v) is 4.34. The number of rotatable bonds is 3. The van der Waals surface area contributed by atoms with Crippen LogP contribution in [0.4, 0.5) is 10.1 Å². The maximum absolute atomic E-state index is 13.5. The molecule has 6 heteroatoms. The minimum atomic E-state index is -0.588. The molecule has 0 saturated heterocycles. The van der Waals surface area contributed by atoms with E-state index in [9.17, 15) is 9.18 Å². The molecule has 0 aliphatic carbocycles. The number of carbonyl (C=O) groups excluding carboxylic acids is 1. The molecule has 100 valence electrons. The van der Waals surface area contributed by atoms with Crippen LogP contribution in [0.5, 0.6) is 0 Å². The average molecular weight is 262 g/mol. The number of nitrogens with two attached hydrogens (primary N) is 1. The van der Waals surface area contributed by atoms with Gasteiger partial charge in [-0.25, -0.2) is 4.39 Å².